The van der Waals surface area contributed by atoms with Gasteiger partial charge in [-0.3, -0.25) is 4.98 Å². The van der Waals surface area contributed by atoms with Gasteiger partial charge in [0.2, 0.25) is 0 Å². The SMILES string of the molecule is CC.Cc1ncccc1-c1ccc(N2CCCC2)nc1. The molecule has 1 saturated heterocycles. The van der Waals surface area contributed by atoms with Crippen molar-refractivity contribution in [3.8, 4) is 11.1 Å². The summed E-state index contributed by atoms with van der Waals surface area (Å²) in [4.78, 5) is 11.2. The van der Waals surface area contributed by atoms with Gasteiger partial charge in [0.15, 0.2) is 0 Å². The molecule has 0 bridgehead atoms. The van der Waals surface area contributed by atoms with E-state index in [1.54, 1.807) is 0 Å². The summed E-state index contributed by atoms with van der Waals surface area (Å²) in [5, 5.41) is 0. The molecular formula is C17H23N3. The first-order chi connectivity index (χ1) is 9.84. The van der Waals surface area contributed by atoms with Crippen molar-refractivity contribution in [1.82, 2.24) is 9.97 Å². The van der Waals surface area contributed by atoms with E-state index in [0.717, 1.165) is 35.7 Å². The van der Waals surface area contributed by atoms with Crippen LogP contribution in [0.4, 0.5) is 5.82 Å². The molecule has 2 aromatic heterocycles. The molecule has 20 heavy (non-hydrogen) atoms. The van der Waals surface area contributed by atoms with E-state index in [-0.39, 0.29) is 0 Å². The molecule has 0 amide bonds. The van der Waals surface area contributed by atoms with Crippen LogP contribution >= 0.6 is 0 Å². The Bertz CT molecular complexity index is 528. The van der Waals surface area contributed by atoms with E-state index in [0.29, 0.717) is 0 Å². The molecule has 3 nitrogen and oxygen atoms in total. The highest BCUT2D eigenvalue weighted by molar-refractivity contribution is 5.65. The third kappa shape index (κ3) is 3.16. The summed E-state index contributed by atoms with van der Waals surface area (Å²) in [5.74, 6) is 1.10. The second-order valence-electron chi connectivity index (χ2n) is 4.74. The molecule has 0 aromatic carbocycles. The maximum Gasteiger partial charge on any atom is 0.128 e. The molecule has 0 unspecified atom stereocenters. The van der Waals surface area contributed by atoms with E-state index in [2.05, 4.69) is 33.1 Å². The van der Waals surface area contributed by atoms with Crippen LogP contribution in [0.25, 0.3) is 11.1 Å². The lowest BCUT2D eigenvalue weighted by atomic mass is 10.1. The van der Waals surface area contributed by atoms with Gasteiger partial charge in [0.05, 0.1) is 0 Å². The molecule has 0 saturated carbocycles. The highest BCUT2D eigenvalue weighted by atomic mass is 15.2. The number of rotatable bonds is 2. The van der Waals surface area contributed by atoms with Crippen molar-refractivity contribution >= 4 is 5.82 Å². The topological polar surface area (TPSA) is 29.0 Å². The van der Waals surface area contributed by atoms with E-state index in [4.69, 9.17) is 0 Å². The Morgan fingerprint density at radius 1 is 1.00 bits per heavy atom. The Kier molecular flexibility index (Phi) is 5.10. The largest absolute Gasteiger partial charge is 0.357 e. The summed E-state index contributed by atoms with van der Waals surface area (Å²) in [5.41, 5.74) is 3.36. The van der Waals surface area contributed by atoms with Crippen molar-refractivity contribution < 1.29 is 0 Å². The minimum atomic E-state index is 1.05. The minimum Gasteiger partial charge on any atom is -0.357 e. The van der Waals surface area contributed by atoms with Crippen molar-refractivity contribution in [3.63, 3.8) is 0 Å². The standard InChI is InChI=1S/C15H17N3.C2H6/c1-12-14(5-4-8-16-12)13-6-7-15(17-11-13)18-9-2-3-10-18;1-2/h4-8,11H,2-3,9-10H2,1H3;1-2H3. The second kappa shape index (κ2) is 7.04. The minimum absolute atomic E-state index is 1.05. The summed E-state index contributed by atoms with van der Waals surface area (Å²) in [6, 6.07) is 8.32. The summed E-state index contributed by atoms with van der Waals surface area (Å²) in [6.07, 6.45) is 6.35. The first-order valence-electron chi connectivity index (χ1n) is 7.47. The zero-order valence-corrected chi connectivity index (χ0v) is 12.6. The van der Waals surface area contributed by atoms with Crippen LogP contribution in [0, 0.1) is 6.92 Å². The molecular weight excluding hydrogens is 246 g/mol. The predicted octanol–water partition coefficient (Wildman–Crippen LogP) is 4.08. The Morgan fingerprint density at radius 3 is 2.35 bits per heavy atom. The van der Waals surface area contributed by atoms with Gasteiger partial charge in [-0.2, -0.15) is 0 Å². The molecule has 0 radical (unpaired) electrons. The van der Waals surface area contributed by atoms with Crippen LogP contribution in [0.2, 0.25) is 0 Å². The molecule has 2 aromatic rings. The van der Waals surface area contributed by atoms with Crippen LogP contribution in [0.1, 0.15) is 32.4 Å². The van der Waals surface area contributed by atoms with Gasteiger partial charge in [-0.25, -0.2) is 4.98 Å². The molecule has 1 fully saturated rings. The summed E-state index contributed by atoms with van der Waals surface area (Å²) in [6.45, 7) is 8.31. The van der Waals surface area contributed by atoms with Gasteiger partial charge in [0, 0.05) is 42.3 Å². The number of anilines is 1. The molecule has 0 aliphatic carbocycles. The summed E-state index contributed by atoms with van der Waals surface area (Å²) >= 11 is 0. The molecule has 106 valence electrons. The van der Waals surface area contributed by atoms with E-state index >= 15 is 0 Å². The number of nitrogens with zero attached hydrogens (tertiary/aromatic N) is 3. The van der Waals surface area contributed by atoms with Crippen LogP contribution in [0.5, 0.6) is 0 Å². The van der Waals surface area contributed by atoms with Crippen LogP contribution in [-0.4, -0.2) is 23.1 Å². The molecule has 1 aliphatic rings. The van der Waals surface area contributed by atoms with Gasteiger partial charge in [-0.05, 0) is 38.0 Å². The highest BCUT2D eigenvalue weighted by Gasteiger charge is 2.13. The lowest BCUT2D eigenvalue weighted by molar-refractivity contribution is 0.938. The number of hydrogen-bond donors (Lipinski definition) is 0. The monoisotopic (exact) mass is 269 g/mol. The van der Waals surface area contributed by atoms with Gasteiger partial charge in [0.25, 0.3) is 0 Å². The molecule has 0 N–H and O–H groups in total. The summed E-state index contributed by atoms with van der Waals surface area (Å²) in [7, 11) is 0. The van der Waals surface area contributed by atoms with Crippen LogP contribution in [0.3, 0.4) is 0 Å². The van der Waals surface area contributed by atoms with E-state index in [1.807, 2.05) is 39.2 Å². The normalized spacial score (nSPS) is 13.8. The Labute approximate surface area is 121 Å². The fourth-order valence-electron chi connectivity index (χ4n) is 2.47. The van der Waals surface area contributed by atoms with E-state index in [9.17, 15) is 0 Å². The predicted molar refractivity (Wildman–Crippen MR) is 85.0 cm³/mol. The fourth-order valence-corrected chi connectivity index (χ4v) is 2.47. The second-order valence-corrected chi connectivity index (χ2v) is 4.74. The smallest absolute Gasteiger partial charge is 0.128 e. The fraction of sp³-hybridized carbons (Fsp3) is 0.412. The van der Waals surface area contributed by atoms with Gasteiger partial charge in [0.1, 0.15) is 5.82 Å². The number of pyridine rings is 2. The lowest BCUT2D eigenvalue weighted by Gasteiger charge is -2.16. The van der Waals surface area contributed by atoms with E-state index < -0.39 is 0 Å². The molecule has 0 spiro atoms. The average Bonchev–Trinajstić information content (AvgIpc) is 3.04. The van der Waals surface area contributed by atoms with Gasteiger partial charge in [-0.15, -0.1) is 0 Å². The Morgan fingerprint density at radius 2 is 1.75 bits per heavy atom. The Hall–Kier alpha value is -1.90. The van der Waals surface area contributed by atoms with Crippen molar-refractivity contribution in [3.05, 3.63) is 42.4 Å². The average molecular weight is 269 g/mol. The zero-order chi connectivity index (χ0) is 14.4. The number of hydrogen-bond acceptors (Lipinski definition) is 3. The Balaban J connectivity index is 0.000000704. The third-order valence-corrected chi connectivity index (χ3v) is 3.50. The van der Waals surface area contributed by atoms with Crippen LogP contribution in [0.15, 0.2) is 36.7 Å². The maximum atomic E-state index is 4.58. The van der Waals surface area contributed by atoms with Crippen LogP contribution < -0.4 is 4.90 Å². The van der Waals surface area contributed by atoms with Crippen molar-refractivity contribution in [2.24, 2.45) is 0 Å². The van der Waals surface area contributed by atoms with Crippen molar-refractivity contribution in [2.45, 2.75) is 33.6 Å². The first-order valence-corrected chi connectivity index (χ1v) is 7.47. The van der Waals surface area contributed by atoms with Gasteiger partial charge in [-0.1, -0.05) is 19.9 Å². The number of aromatic nitrogens is 2. The molecule has 3 heterocycles. The quantitative estimate of drug-likeness (QED) is 0.822. The molecule has 0 atom stereocenters. The molecule has 3 rings (SSSR count). The lowest BCUT2D eigenvalue weighted by Crippen LogP contribution is -2.18. The van der Waals surface area contributed by atoms with E-state index in [1.165, 1.54) is 12.8 Å². The number of aryl methyl sites for hydroxylation is 1. The van der Waals surface area contributed by atoms with Gasteiger partial charge < -0.3 is 4.90 Å². The highest BCUT2D eigenvalue weighted by Crippen LogP contribution is 2.24. The van der Waals surface area contributed by atoms with Crippen molar-refractivity contribution in [1.29, 1.82) is 0 Å². The molecule has 1 aliphatic heterocycles. The van der Waals surface area contributed by atoms with Gasteiger partial charge >= 0.3 is 0 Å². The van der Waals surface area contributed by atoms with Crippen molar-refractivity contribution in [2.75, 3.05) is 18.0 Å². The maximum absolute atomic E-state index is 4.58. The molecule has 3 heteroatoms. The first kappa shape index (κ1) is 14.5. The third-order valence-electron chi connectivity index (χ3n) is 3.50. The zero-order valence-electron chi connectivity index (χ0n) is 12.6. The van der Waals surface area contributed by atoms with Crippen LogP contribution in [-0.2, 0) is 0 Å². The summed E-state index contributed by atoms with van der Waals surface area (Å²) < 4.78 is 0.